The summed E-state index contributed by atoms with van der Waals surface area (Å²) in [5.41, 5.74) is 7.24. The molecule has 1 aromatic carbocycles. The maximum Gasteiger partial charge on any atom is 0.310 e. The quantitative estimate of drug-likeness (QED) is 0.680. The van der Waals surface area contributed by atoms with Gasteiger partial charge in [0.05, 0.1) is 4.92 Å². The van der Waals surface area contributed by atoms with Gasteiger partial charge >= 0.3 is 5.69 Å². The molecule has 2 fully saturated rings. The van der Waals surface area contributed by atoms with Crippen molar-refractivity contribution in [1.82, 2.24) is 0 Å². The van der Waals surface area contributed by atoms with Gasteiger partial charge in [-0.15, -0.1) is 0 Å². The van der Waals surface area contributed by atoms with Gasteiger partial charge in [-0.05, 0) is 31.4 Å². The second kappa shape index (κ2) is 4.74. The monoisotopic (exact) mass is 276 g/mol. The maximum atomic E-state index is 11.1. The Hall–Kier alpha value is -1.62. The zero-order valence-electron chi connectivity index (χ0n) is 11.7. The van der Waals surface area contributed by atoms with Crippen LogP contribution in [-0.4, -0.2) is 17.1 Å². The second-order valence-corrected chi connectivity index (χ2v) is 6.12. The molecule has 2 unspecified atom stereocenters. The molecule has 2 aliphatic rings. The fourth-order valence-electron chi connectivity index (χ4n) is 3.69. The zero-order valence-corrected chi connectivity index (χ0v) is 11.7. The molecule has 0 heterocycles. The molecule has 0 radical (unpaired) electrons. The molecule has 2 N–H and O–H groups in total. The van der Waals surface area contributed by atoms with Gasteiger partial charge in [0.1, 0.15) is 6.10 Å². The number of aryl methyl sites for hydroxylation is 1. The molecule has 5 nitrogen and oxygen atoms in total. The van der Waals surface area contributed by atoms with Crippen molar-refractivity contribution in [2.75, 3.05) is 0 Å². The third-order valence-electron chi connectivity index (χ3n) is 4.96. The van der Waals surface area contributed by atoms with Crippen LogP contribution in [0.4, 0.5) is 5.69 Å². The van der Waals surface area contributed by atoms with E-state index < -0.39 is 0 Å². The Morgan fingerprint density at radius 3 is 2.70 bits per heavy atom. The Morgan fingerprint density at radius 1 is 1.40 bits per heavy atom. The van der Waals surface area contributed by atoms with Crippen LogP contribution in [0.15, 0.2) is 18.2 Å². The van der Waals surface area contributed by atoms with Crippen LogP contribution < -0.4 is 10.5 Å². The molecular formula is C15H20N2O3. The van der Waals surface area contributed by atoms with E-state index in [1.54, 1.807) is 12.1 Å². The van der Waals surface area contributed by atoms with Gasteiger partial charge in [-0.25, -0.2) is 0 Å². The van der Waals surface area contributed by atoms with Crippen molar-refractivity contribution in [3.8, 4) is 5.75 Å². The number of hydrogen-bond donors (Lipinski definition) is 1. The number of nitro benzene ring substituents is 1. The maximum absolute atomic E-state index is 11.1. The Bertz CT molecular complexity index is 538. The molecular weight excluding hydrogens is 256 g/mol. The van der Waals surface area contributed by atoms with Gasteiger partial charge in [-0.1, -0.05) is 18.9 Å². The molecule has 1 aromatic rings. The molecule has 2 saturated carbocycles. The molecule has 3 rings (SSSR count). The lowest BCUT2D eigenvalue weighted by molar-refractivity contribution is -0.386. The highest BCUT2D eigenvalue weighted by atomic mass is 16.6. The first kappa shape index (κ1) is 13.4. The smallest absolute Gasteiger partial charge is 0.310 e. The molecule has 2 atom stereocenters. The second-order valence-electron chi connectivity index (χ2n) is 6.12. The average molecular weight is 276 g/mol. The van der Waals surface area contributed by atoms with E-state index in [-0.39, 0.29) is 28.2 Å². The van der Waals surface area contributed by atoms with Gasteiger partial charge in [0.2, 0.25) is 0 Å². The summed E-state index contributed by atoms with van der Waals surface area (Å²) in [6.07, 6.45) is 5.36. The minimum atomic E-state index is -0.380. The number of nitrogens with two attached hydrogens (primary N) is 1. The van der Waals surface area contributed by atoms with Gasteiger partial charge < -0.3 is 10.5 Å². The van der Waals surface area contributed by atoms with E-state index >= 15 is 0 Å². The Labute approximate surface area is 118 Å². The van der Waals surface area contributed by atoms with Crippen molar-refractivity contribution < 1.29 is 9.66 Å². The van der Waals surface area contributed by atoms with Gasteiger partial charge in [0.25, 0.3) is 0 Å². The topological polar surface area (TPSA) is 78.4 Å². The number of nitro groups is 1. The molecule has 0 amide bonds. The van der Waals surface area contributed by atoms with E-state index in [0.717, 1.165) is 24.8 Å². The number of rotatable bonds is 3. The van der Waals surface area contributed by atoms with Crippen molar-refractivity contribution in [2.45, 2.75) is 51.2 Å². The summed E-state index contributed by atoms with van der Waals surface area (Å²) in [5.74, 6) is 0.387. The van der Waals surface area contributed by atoms with Crippen molar-refractivity contribution >= 4 is 5.69 Å². The minimum absolute atomic E-state index is 0.0282. The molecule has 20 heavy (non-hydrogen) atoms. The van der Waals surface area contributed by atoms with E-state index in [4.69, 9.17) is 10.5 Å². The molecule has 0 saturated heterocycles. The number of hydrogen-bond acceptors (Lipinski definition) is 4. The van der Waals surface area contributed by atoms with Gasteiger partial charge in [0.15, 0.2) is 5.75 Å². The normalized spacial score (nSPS) is 27.3. The van der Waals surface area contributed by atoms with E-state index in [9.17, 15) is 10.1 Å². The highest BCUT2D eigenvalue weighted by molar-refractivity contribution is 5.48. The lowest BCUT2D eigenvalue weighted by Gasteiger charge is -2.52. The highest BCUT2D eigenvalue weighted by Crippen LogP contribution is 2.54. The summed E-state index contributed by atoms with van der Waals surface area (Å²) in [5, 5.41) is 11.1. The van der Waals surface area contributed by atoms with Crippen molar-refractivity contribution in [3.05, 3.63) is 33.9 Å². The van der Waals surface area contributed by atoms with E-state index in [0.29, 0.717) is 5.75 Å². The van der Waals surface area contributed by atoms with Crippen LogP contribution in [0, 0.1) is 22.5 Å². The predicted molar refractivity (Wildman–Crippen MR) is 75.7 cm³/mol. The highest BCUT2D eigenvalue weighted by Gasteiger charge is 2.56. The minimum Gasteiger partial charge on any atom is -0.483 e. The molecule has 2 aliphatic carbocycles. The Balaban J connectivity index is 1.85. The third kappa shape index (κ3) is 1.97. The SMILES string of the molecule is Cc1ccc([N+](=O)[O-])c(OC2CC(N)C23CCCC3)c1. The summed E-state index contributed by atoms with van der Waals surface area (Å²) < 4.78 is 6.01. The van der Waals surface area contributed by atoms with Crippen LogP contribution in [0.25, 0.3) is 0 Å². The number of nitrogens with zero attached hydrogens (tertiary/aromatic N) is 1. The molecule has 0 aliphatic heterocycles. The van der Waals surface area contributed by atoms with E-state index in [1.165, 1.54) is 18.9 Å². The fraction of sp³-hybridized carbons (Fsp3) is 0.600. The summed E-state index contributed by atoms with van der Waals surface area (Å²) in [6, 6.07) is 5.19. The van der Waals surface area contributed by atoms with Crippen molar-refractivity contribution in [2.24, 2.45) is 11.1 Å². The number of benzene rings is 1. The van der Waals surface area contributed by atoms with Crippen LogP contribution in [0.2, 0.25) is 0 Å². The molecule has 108 valence electrons. The van der Waals surface area contributed by atoms with Crippen LogP contribution >= 0.6 is 0 Å². The molecule has 0 aromatic heterocycles. The van der Waals surface area contributed by atoms with Crippen molar-refractivity contribution in [1.29, 1.82) is 0 Å². The first-order valence-corrected chi connectivity index (χ1v) is 7.20. The third-order valence-corrected chi connectivity index (χ3v) is 4.96. The standard InChI is InChI=1S/C15H20N2O3/c1-10-4-5-11(17(18)19)12(8-10)20-14-9-13(16)15(14)6-2-3-7-15/h4-5,8,13-14H,2-3,6-7,9,16H2,1H3. The van der Waals surface area contributed by atoms with Crippen LogP contribution in [0.1, 0.15) is 37.7 Å². The van der Waals surface area contributed by atoms with Crippen LogP contribution in [0.3, 0.4) is 0 Å². The summed E-state index contributed by atoms with van der Waals surface area (Å²) >= 11 is 0. The van der Waals surface area contributed by atoms with Crippen molar-refractivity contribution in [3.63, 3.8) is 0 Å². The largest absolute Gasteiger partial charge is 0.483 e. The van der Waals surface area contributed by atoms with Gasteiger partial charge in [-0.2, -0.15) is 0 Å². The first-order chi connectivity index (χ1) is 9.53. The van der Waals surface area contributed by atoms with E-state index in [1.807, 2.05) is 6.92 Å². The van der Waals surface area contributed by atoms with E-state index in [2.05, 4.69) is 0 Å². The fourth-order valence-corrected chi connectivity index (χ4v) is 3.69. The molecule has 1 spiro atoms. The Kier molecular flexibility index (Phi) is 3.17. The summed E-state index contributed by atoms with van der Waals surface area (Å²) in [6.45, 7) is 1.91. The lowest BCUT2D eigenvalue weighted by Crippen LogP contribution is -2.62. The number of ether oxygens (including phenoxy) is 1. The molecule has 0 bridgehead atoms. The molecule has 5 heteroatoms. The average Bonchev–Trinajstić information content (AvgIpc) is 2.90. The summed E-state index contributed by atoms with van der Waals surface area (Å²) in [4.78, 5) is 10.7. The van der Waals surface area contributed by atoms with Crippen LogP contribution in [-0.2, 0) is 0 Å². The van der Waals surface area contributed by atoms with Gasteiger partial charge in [-0.3, -0.25) is 10.1 Å². The van der Waals surface area contributed by atoms with Crippen LogP contribution in [0.5, 0.6) is 5.75 Å². The zero-order chi connectivity index (χ0) is 14.3. The predicted octanol–water partition coefficient (Wildman–Crippen LogP) is 2.94. The first-order valence-electron chi connectivity index (χ1n) is 7.20. The van der Waals surface area contributed by atoms with Gasteiger partial charge in [0, 0.05) is 23.9 Å². The Morgan fingerprint density at radius 2 is 2.10 bits per heavy atom. The lowest BCUT2D eigenvalue weighted by atomic mass is 9.61. The summed E-state index contributed by atoms with van der Waals surface area (Å²) in [7, 11) is 0.